The molecule has 0 heterocycles. The van der Waals surface area contributed by atoms with Crippen LogP contribution in [0.15, 0.2) is 75.9 Å². The van der Waals surface area contributed by atoms with Crippen LogP contribution in [-0.4, -0.2) is 27.2 Å². The highest BCUT2D eigenvalue weighted by Crippen LogP contribution is 2.38. The van der Waals surface area contributed by atoms with E-state index in [2.05, 4.69) is 87.1 Å². The quantitative estimate of drug-likeness (QED) is 0.219. The number of rotatable bonds is 16. The van der Waals surface area contributed by atoms with Crippen molar-refractivity contribution in [3.05, 3.63) is 75.9 Å². The first-order chi connectivity index (χ1) is 11.6. The molecule has 0 saturated heterocycles. The number of hydrogen-bond donors (Lipinski definition) is 0. The Balaban J connectivity index is 6.33. The zero-order valence-corrected chi connectivity index (χ0v) is 17.8. The largest absolute Gasteiger partial charge is 0.344 e. The Labute approximate surface area is 153 Å². The molecule has 0 radical (unpaired) electrons. The van der Waals surface area contributed by atoms with E-state index in [4.69, 9.17) is 0 Å². The average Bonchev–Trinajstić information content (AvgIpc) is 2.54. The Morgan fingerprint density at radius 2 is 0.833 bits per heavy atom. The lowest BCUT2D eigenvalue weighted by Crippen LogP contribution is -2.66. The van der Waals surface area contributed by atoms with Crippen molar-refractivity contribution in [2.45, 2.75) is 49.6 Å². The third-order valence-electron chi connectivity index (χ3n) is 4.74. The highest BCUT2D eigenvalue weighted by Gasteiger charge is 2.47. The fourth-order valence-electron chi connectivity index (χ4n) is 3.97. The summed E-state index contributed by atoms with van der Waals surface area (Å²) < 4.78 is 2.93. The summed E-state index contributed by atoms with van der Waals surface area (Å²) in [7, 11) is -3.59. The van der Waals surface area contributed by atoms with Gasteiger partial charge in [0.2, 0.25) is 0 Å². The van der Waals surface area contributed by atoms with Crippen LogP contribution in [0, 0.1) is 0 Å². The fraction of sp³-hybridized carbons (Fsp3) is 0.429. The van der Waals surface area contributed by atoms with Crippen LogP contribution in [0.4, 0.5) is 0 Å². The van der Waals surface area contributed by atoms with Gasteiger partial charge in [-0.2, -0.15) is 0 Å². The maximum Gasteiger partial charge on any atom is 0.133 e. The van der Waals surface area contributed by atoms with Gasteiger partial charge in [-0.3, -0.25) is 0 Å². The minimum atomic E-state index is -1.80. The van der Waals surface area contributed by atoms with Crippen molar-refractivity contribution in [1.82, 2.24) is 4.23 Å². The molecule has 0 fully saturated rings. The van der Waals surface area contributed by atoms with Crippen LogP contribution in [0.3, 0.4) is 0 Å². The van der Waals surface area contributed by atoms with Gasteiger partial charge in [-0.1, -0.05) is 43.4 Å². The molecule has 0 unspecified atom stereocenters. The van der Waals surface area contributed by atoms with Gasteiger partial charge in [0.05, 0.1) is 0 Å². The van der Waals surface area contributed by atoms with Crippen molar-refractivity contribution >= 4 is 16.5 Å². The predicted octanol–water partition coefficient (Wildman–Crippen LogP) is 6.71. The maximum absolute atomic E-state index is 4.07. The zero-order chi connectivity index (χ0) is 18.5. The first-order valence-corrected chi connectivity index (χ1v) is 14.1. The van der Waals surface area contributed by atoms with E-state index < -0.39 is 16.5 Å². The zero-order valence-electron chi connectivity index (χ0n) is 15.8. The average molecular weight is 360 g/mol. The molecule has 0 aromatic carbocycles. The van der Waals surface area contributed by atoms with Crippen molar-refractivity contribution in [2.75, 3.05) is 6.54 Å². The molecule has 0 aliphatic rings. The summed E-state index contributed by atoms with van der Waals surface area (Å²) in [6.45, 7) is 27.8. The van der Waals surface area contributed by atoms with Gasteiger partial charge >= 0.3 is 0 Å². The molecule has 0 bridgehead atoms. The van der Waals surface area contributed by atoms with Crippen LogP contribution in [0.5, 0.6) is 0 Å². The smallest absolute Gasteiger partial charge is 0.133 e. The standard InChI is InChI=1S/C21H37NSi2/c1-8-15-22(23(16-9-2,17-10-3)18-11-4)24(19-12-5,20-13-6)21-14-7/h9-14H,2-8,15-21H2,1H3. The van der Waals surface area contributed by atoms with Crippen molar-refractivity contribution in [1.29, 1.82) is 0 Å². The van der Waals surface area contributed by atoms with Gasteiger partial charge in [0.1, 0.15) is 16.5 Å². The lowest BCUT2D eigenvalue weighted by molar-refractivity contribution is 0.579. The molecule has 0 saturated carbocycles. The highest BCUT2D eigenvalue weighted by molar-refractivity contribution is 6.94. The predicted molar refractivity (Wildman–Crippen MR) is 119 cm³/mol. The Kier molecular flexibility index (Phi) is 11.6. The molecule has 0 aromatic heterocycles. The van der Waals surface area contributed by atoms with Gasteiger partial charge < -0.3 is 4.23 Å². The van der Waals surface area contributed by atoms with Gasteiger partial charge in [0, 0.05) is 0 Å². The first-order valence-electron chi connectivity index (χ1n) is 8.99. The molecule has 0 aliphatic heterocycles. The Hall–Kier alpha value is -1.17. The van der Waals surface area contributed by atoms with E-state index in [0.29, 0.717) is 0 Å². The van der Waals surface area contributed by atoms with Gasteiger partial charge in [0.25, 0.3) is 0 Å². The molecule has 3 heteroatoms. The topological polar surface area (TPSA) is 3.24 Å². The number of nitrogens with zero attached hydrogens (tertiary/aromatic N) is 1. The Bertz CT molecular complexity index is 348. The maximum atomic E-state index is 4.07. The summed E-state index contributed by atoms with van der Waals surface area (Å²) in [5, 5.41) is 0. The van der Waals surface area contributed by atoms with Crippen molar-refractivity contribution < 1.29 is 0 Å². The summed E-state index contributed by atoms with van der Waals surface area (Å²) >= 11 is 0. The van der Waals surface area contributed by atoms with E-state index in [1.165, 1.54) is 0 Å². The molecule has 134 valence electrons. The summed E-state index contributed by atoms with van der Waals surface area (Å²) in [5.41, 5.74) is 0. The van der Waals surface area contributed by atoms with Crippen LogP contribution in [0.1, 0.15) is 13.3 Å². The molecule has 0 aromatic rings. The molecular weight excluding hydrogens is 322 g/mol. The lowest BCUT2D eigenvalue weighted by atomic mass is 10.5. The molecule has 0 atom stereocenters. The highest BCUT2D eigenvalue weighted by atomic mass is 28.4. The first kappa shape index (κ1) is 22.8. The van der Waals surface area contributed by atoms with Crippen LogP contribution < -0.4 is 0 Å². The van der Waals surface area contributed by atoms with Gasteiger partial charge in [-0.25, -0.2) is 0 Å². The van der Waals surface area contributed by atoms with E-state index in [-0.39, 0.29) is 0 Å². The third-order valence-corrected chi connectivity index (χ3v) is 16.6. The summed E-state index contributed by atoms with van der Waals surface area (Å²) in [6.07, 6.45) is 13.8. The van der Waals surface area contributed by atoms with E-state index in [1.54, 1.807) is 0 Å². The van der Waals surface area contributed by atoms with E-state index in [0.717, 1.165) is 49.2 Å². The molecular formula is C21H37NSi2. The monoisotopic (exact) mass is 359 g/mol. The molecule has 24 heavy (non-hydrogen) atoms. The van der Waals surface area contributed by atoms with E-state index >= 15 is 0 Å². The van der Waals surface area contributed by atoms with E-state index in [1.807, 2.05) is 0 Å². The number of allylic oxidation sites excluding steroid dienone is 6. The summed E-state index contributed by atoms with van der Waals surface area (Å²) in [5.74, 6) is 0. The van der Waals surface area contributed by atoms with Crippen molar-refractivity contribution in [3.8, 4) is 0 Å². The van der Waals surface area contributed by atoms with Crippen LogP contribution in [0.25, 0.3) is 0 Å². The van der Waals surface area contributed by atoms with E-state index in [9.17, 15) is 0 Å². The Morgan fingerprint density at radius 1 is 0.583 bits per heavy atom. The molecule has 0 aliphatic carbocycles. The second-order valence-electron chi connectivity index (χ2n) is 6.56. The molecule has 1 nitrogen and oxygen atoms in total. The normalized spacial score (nSPS) is 11.8. The third kappa shape index (κ3) is 5.73. The van der Waals surface area contributed by atoms with Gasteiger partial charge in [-0.15, -0.1) is 39.5 Å². The SMILES string of the molecule is C=CC[Si](CC=C)(CC=C)N(CCC)[Si](CC=C)(CC=C)CC=C. The second kappa shape index (κ2) is 12.2. The number of hydrogen-bond acceptors (Lipinski definition) is 1. The van der Waals surface area contributed by atoms with Crippen LogP contribution in [-0.2, 0) is 0 Å². The molecule has 0 amide bonds. The van der Waals surface area contributed by atoms with Gasteiger partial charge in [-0.05, 0) is 49.2 Å². The van der Waals surface area contributed by atoms with Crippen molar-refractivity contribution in [2.24, 2.45) is 0 Å². The minimum absolute atomic E-state index is 1.07. The second-order valence-corrected chi connectivity index (χ2v) is 15.4. The summed E-state index contributed by atoms with van der Waals surface area (Å²) in [4.78, 5) is 0. The molecule has 0 N–H and O–H groups in total. The van der Waals surface area contributed by atoms with Crippen LogP contribution >= 0.6 is 0 Å². The van der Waals surface area contributed by atoms with Crippen molar-refractivity contribution in [3.63, 3.8) is 0 Å². The minimum Gasteiger partial charge on any atom is -0.344 e. The lowest BCUT2D eigenvalue weighted by Gasteiger charge is -2.52. The Morgan fingerprint density at radius 3 is 1.00 bits per heavy atom. The summed E-state index contributed by atoms with van der Waals surface area (Å²) in [6, 6.07) is 6.45. The van der Waals surface area contributed by atoms with Gasteiger partial charge in [0.15, 0.2) is 0 Å². The fourth-order valence-corrected chi connectivity index (χ4v) is 16.6. The molecule has 0 spiro atoms. The van der Waals surface area contributed by atoms with Crippen LogP contribution in [0.2, 0.25) is 36.3 Å². The molecule has 0 rings (SSSR count).